The summed E-state index contributed by atoms with van der Waals surface area (Å²) in [5, 5.41) is 0. The zero-order valence-electron chi connectivity index (χ0n) is 13.0. The summed E-state index contributed by atoms with van der Waals surface area (Å²) < 4.78 is 0. The molecule has 0 unspecified atom stereocenters. The van der Waals surface area contributed by atoms with Crippen LogP contribution in [0.25, 0.3) is 0 Å². The fraction of sp³-hybridized carbons (Fsp3) is 0.722. The number of hydrogen-bond acceptors (Lipinski definition) is 3. The van der Waals surface area contributed by atoms with Crippen molar-refractivity contribution >= 4 is 5.82 Å². The summed E-state index contributed by atoms with van der Waals surface area (Å²) in [4.78, 5) is 7.67. The van der Waals surface area contributed by atoms with E-state index in [9.17, 15) is 0 Å². The third-order valence-corrected chi connectivity index (χ3v) is 5.23. The highest BCUT2D eigenvalue weighted by Gasteiger charge is 2.31. The number of aryl methyl sites for hydroxylation is 2. The summed E-state index contributed by atoms with van der Waals surface area (Å²) in [5.74, 6) is 3.04. The summed E-state index contributed by atoms with van der Waals surface area (Å²) in [6.07, 6.45) is 10.6. The Morgan fingerprint density at radius 2 is 1.71 bits per heavy atom. The number of anilines is 1. The van der Waals surface area contributed by atoms with E-state index in [1.807, 2.05) is 0 Å². The Morgan fingerprint density at radius 1 is 1.05 bits per heavy atom. The highest BCUT2D eigenvalue weighted by atomic mass is 15.2. The Balaban J connectivity index is 1.65. The largest absolute Gasteiger partial charge is 0.356 e. The van der Waals surface area contributed by atoms with E-state index in [2.05, 4.69) is 11.0 Å². The van der Waals surface area contributed by atoms with Gasteiger partial charge in [0.15, 0.2) is 0 Å². The summed E-state index contributed by atoms with van der Waals surface area (Å²) in [5.41, 5.74) is 10.1. The number of nitrogens with zero attached hydrogens (tertiary/aromatic N) is 2. The molecule has 0 spiro atoms. The zero-order chi connectivity index (χ0) is 14.2. The summed E-state index contributed by atoms with van der Waals surface area (Å²) in [7, 11) is 0. The molecule has 21 heavy (non-hydrogen) atoms. The lowest BCUT2D eigenvalue weighted by Gasteiger charge is -2.28. The molecule has 0 radical (unpaired) electrons. The maximum Gasteiger partial charge on any atom is 0.133 e. The number of pyridine rings is 1. The van der Waals surface area contributed by atoms with Gasteiger partial charge in [-0.2, -0.15) is 0 Å². The maximum absolute atomic E-state index is 6.05. The van der Waals surface area contributed by atoms with Crippen molar-refractivity contribution in [1.29, 1.82) is 0 Å². The Bertz CT molecular complexity index is 503. The molecule has 0 amide bonds. The molecular formula is C18H27N3. The molecule has 0 aliphatic heterocycles. The third-order valence-electron chi connectivity index (χ3n) is 5.23. The molecule has 0 saturated heterocycles. The van der Waals surface area contributed by atoms with Crippen molar-refractivity contribution in [3.8, 4) is 0 Å². The molecule has 2 N–H and O–H groups in total. The smallest absolute Gasteiger partial charge is 0.133 e. The minimum Gasteiger partial charge on any atom is -0.356 e. The van der Waals surface area contributed by atoms with Crippen molar-refractivity contribution in [3.05, 3.63) is 22.9 Å². The monoisotopic (exact) mass is 285 g/mol. The van der Waals surface area contributed by atoms with Gasteiger partial charge >= 0.3 is 0 Å². The number of aromatic nitrogens is 1. The predicted octanol–water partition coefficient (Wildman–Crippen LogP) is 3.05. The van der Waals surface area contributed by atoms with Crippen molar-refractivity contribution in [2.75, 3.05) is 18.0 Å². The van der Waals surface area contributed by atoms with Gasteiger partial charge in [0.2, 0.25) is 0 Å². The van der Waals surface area contributed by atoms with E-state index < -0.39 is 0 Å². The van der Waals surface area contributed by atoms with Gasteiger partial charge < -0.3 is 10.6 Å². The lowest BCUT2D eigenvalue weighted by Crippen LogP contribution is -2.31. The Labute approximate surface area is 127 Å². The predicted molar refractivity (Wildman–Crippen MR) is 86.4 cm³/mol. The first kappa shape index (κ1) is 13.6. The van der Waals surface area contributed by atoms with Gasteiger partial charge in [-0.05, 0) is 74.8 Å². The summed E-state index contributed by atoms with van der Waals surface area (Å²) in [6, 6.07) is 2.36. The van der Waals surface area contributed by atoms with E-state index >= 15 is 0 Å². The average Bonchev–Trinajstić information content (AvgIpc) is 3.41. The molecule has 2 saturated carbocycles. The molecule has 3 nitrogen and oxygen atoms in total. The van der Waals surface area contributed by atoms with Crippen molar-refractivity contribution in [2.45, 2.75) is 57.9 Å². The summed E-state index contributed by atoms with van der Waals surface area (Å²) >= 11 is 0. The van der Waals surface area contributed by atoms with Gasteiger partial charge in [0, 0.05) is 30.9 Å². The second-order valence-electron chi connectivity index (χ2n) is 7.28. The first-order valence-corrected chi connectivity index (χ1v) is 8.80. The molecule has 0 atom stereocenters. The van der Waals surface area contributed by atoms with Gasteiger partial charge in [-0.3, -0.25) is 0 Å². The van der Waals surface area contributed by atoms with E-state index in [1.165, 1.54) is 80.7 Å². The van der Waals surface area contributed by atoms with E-state index in [4.69, 9.17) is 10.7 Å². The molecule has 0 bridgehead atoms. The molecule has 3 aliphatic carbocycles. The molecule has 4 rings (SSSR count). The topological polar surface area (TPSA) is 42.1 Å². The van der Waals surface area contributed by atoms with Crippen molar-refractivity contribution < 1.29 is 0 Å². The molecule has 3 heteroatoms. The first-order chi connectivity index (χ1) is 10.3. The van der Waals surface area contributed by atoms with Crippen LogP contribution in [0, 0.1) is 11.8 Å². The lowest BCUT2D eigenvalue weighted by atomic mass is 9.94. The minimum absolute atomic E-state index is 0.626. The standard InChI is InChI=1S/C18H27N3/c19-10-16-9-15-3-1-2-4-17(15)20-18(16)21(11-13-5-6-13)12-14-7-8-14/h9,13-14H,1-8,10-12,19H2. The second-order valence-corrected chi connectivity index (χ2v) is 7.28. The van der Waals surface area contributed by atoms with Crippen molar-refractivity contribution in [3.63, 3.8) is 0 Å². The van der Waals surface area contributed by atoms with Crippen LogP contribution < -0.4 is 10.6 Å². The van der Waals surface area contributed by atoms with E-state index in [0.29, 0.717) is 6.54 Å². The van der Waals surface area contributed by atoms with Crippen LogP contribution in [-0.2, 0) is 19.4 Å². The van der Waals surface area contributed by atoms with Crippen LogP contribution in [0.3, 0.4) is 0 Å². The van der Waals surface area contributed by atoms with Crippen LogP contribution in [-0.4, -0.2) is 18.1 Å². The quantitative estimate of drug-likeness (QED) is 0.873. The highest BCUT2D eigenvalue weighted by Crippen LogP contribution is 2.37. The third kappa shape index (κ3) is 3.08. The van der Waals surface area contributed by atoms with Crippen LogP contribution in [0.2, 0.25) is 0 Å². The van der Waals surface area contributed by atoms with Gasteiger partial charge in [0.1, 0.15) is 5.82 Å². The van der Waals surface area contributed by atoms with Crippen molar-refractivity contribution in [1.82, 2.24) is 4.98 Å². The highest BCUT2D eigenvalue weighted by molar-refractivity contribution is 5.51. The molecule has 1 heterocycles. The molecule has 1 aromatic rings. The van der Waals surface area contributed by atoms with Crippen LogP contribution in [0.15, 0.2) is 6.07 Å². The summed E-state index contributed by atoms with van der Waals surface area (Å²) in [6.45, 7) is 3.03. The minimum atomic E-state index is 0.626. The fourth-order valence-corrected chi connectivity index (χ4v) is 3.57. The molecule has 1 aromatic heterocycles. The van der Waals surface area contributed by atoms with Gasteiger partial charge in [0.25, 0.3) is 0 Å². The molecule has 3 aliphatic rings. The SMILES string of the molecule is NCc1cc2c(nc1N(CC1CC1)CC1CC1)CCCC2. The average molecular weight is 285 g/mol. The number of fused-ring (bicyclic) bond motifs is 1. The van der Waals surface area contributed by atoms with Crippen LogP contribution >= 0.6 is 0 Å². The molecule has 2 fully saturated rings. The lowest BCUT2D eigenvalue weighted by molar-refractivity contribution is 0.643. The number of rotatable bonds is 6. The van der Waals surface area contributed by atoms with E-state index in [1.54, 1.807) is 0 Å². The Morgan fingerprint density at radius 3 is 2.33 bits per heavy atom. The van der Waals surface area contributed by atoms with Gasteiger partial charge in [0.05, 0.1) is 0 Å². The molecule has 0 aromatic carbocycles. The Hall–Kier alpha value is -1.09. The number of hydrogen-bond donors (Lipinski definition) is 1. The van der Waals surface area contributed by atoms with Crippen molar-refractivity contribution in [2.24, 2.45) is 17.6 Å². The zero-order valence-corrected chi connectivity index (χ0v) is 13.0. The van der Waals surface area contributed by atoms with Gasteiger partial charge in [-0.1, -0.05) is 0 Å². The first-order valence-electron chi connectivity index (χ1n) is 8.80. The molecular weight excluding hydrogens is 258 g/mol. The van der Waals surface area contributed by atoms with Gasteiger partial charge in [-0.25, -0.2) is 4.98 Å². The fourth-order valence-electron chi connectivity index (χ4n) is 3.57. The Kier molecular flexibility index (Phi) is 3.62. The normalized spacial score (nSPS) is 21.2. The van der Waals surface area contributed by atoms with Crippen LogP contribution in [0.1, 0.15) is 55.3 Å². The molecule has 114 valence electrons. The van der Waals surface area contributed by atoms with Crippen LogP contribution in [0.4, 0.5) is 5.82 Å². The number of nitrogens with two attached hydrogens (primary N) is 1. The second kappa shape index (κ2) is 5.60. The van der Waals surface area contributed by atoms with E-state index in [-0.39, 0.29) is 0 Å². The maximum atomic E-state index is 6.05. The van der Waals surface area contributed by atoms with Gasteiger partial charge in [-0.15, -0.1) is 0 Å². The van der Waals surface area contributed by atoms with E-state index in [0.717, 1.165) is 18.3 Å². The van der Waals surface area contributed by atoms with Crippen LogP contribution in [0.5, 0.6) is 0 Å².